The minimum absolute atomic E-state index is 0.200. The summed E-state index contributed by atoms with van der Waals surface area (Å²) in [4.78, 5) is 38.1. The van der Waals surface area contributed by atoms with Gasteiger partial charge in [0.1, 0.15) is 11.9 Å². The van der Waals surface area contributed by atoms with Crippen LogP contribution in [0.1, 0.15) is 33.2 Å². The van der Waals surface area contributed by atoms with Crippen LogP contribution >= 0.6 is 0 Å². The quantitative estimate of drug-likeness (QED) is 0.830. The third kappa shape index (κ3) is 2.95. The Morgan fingerprint density at radius 3 is 2.31 bits per heavy atom. The van der Waals surface area contributed by atoms with Crippen LogP contribution in [0.25, 0.3) is 5.70 Å². The molecule has 0 unspecified atom stereocenters. The second-order valence-electron chi connectivity index (χ2n) is 5.77. The van der Waals surface area contributed by atoms with E-state index in [1.54, 1.807) is 24.3 Å². The third-order valence-corrected chi connectivity index (χ3v) is 4.16. The van der Waals surface area contributed by atoms with Gasteiger partial charge in [0.15, 0.2) is 0 Å². The molecule has 1 heterocycles. The number of carbonyl (C=O) groups excluding carboxylic acids is 3. The number of benzene rings is 2. The fourth-order valence-electron chi connectivity index (χ4n) is 2.77. The highest BCUT2D eigenvalue weighted by molar-refractivity contribution is 6.11. The molecule has 0 bridgehead atoms. The summed E-state index contributed by atoms with van der Waals surface area (Å²) >= 11 is 0. The summed E-state index contributed by atoms with van der Waals surface area (Å²) in [6, 6.07) is 11.4. The van der Waals surface area contributed by atoms with Crippen LogP contribution in [-0.2, 0) is 4.79 Å². The normalized spacial score (nSPS) is 14.0. The van der Waals surface area contributed by atoms with Gasteiger partial charge in [-0.05, 0) is 25.1 Å². The second-order valence-corrected chi connectivity index (χ2v) is 5.77. The van der Waals surface area contributed by atoms with Gasteiger partial charge in [-0.3, -0.25) is 30.1 Å². The fourth-order valence-corrected chi connectivity index (χ4v) is 2.77. The maximum atomic E-state index is 13.6. The van der Waals surface area contributed by atoms with E-state index in [2.05, 4.69) is 17.4 Å². The Bertz CT molecular complexity index is 891. The standard InChI is InChI=1S/C19H16FN3O3/c1-11-13-7-3-4-8-14(13)19(26)23(11)12(2)17(24)21-22-18(25)15-9-5-6-10-16(15)20/h3-10,12H,1H2,2H3,(H,21,24)(H,22,25)/t12-/m1/s1. The summed E-state index contributed by atoms with van der Waals surface area (Å²) in [6.45, 7) is 5.39. The molecule has 1 aliphatic heterocycles. The van der Waals surface area contributed by atoms with E-state index in [0.29, 0.717) is 16.8 Å². The van der Waals surface area contributed by atoms with Crippen molar-refractivity contribution in [3.05, 3.63) is 77.6 Å². The third-order valence-electron chi connectivity index (χ3n) is 4.16. The van der Waals surface area contributed by atoms with E-state index in [1.807, 2.05) is 0 Å². The highest BCUT2D eigenvalue weighted by Gasteiger charge is 2.36. The van der Waals surface area contributed by atoms with Crippen molar-refractivity contribution in [1.29, 1.82) is 0 Å². The molecule has 0 radical (unpaired) electrons. The van der Waals surface area contributed by atoms with Gasteiger partial charge in [-0.1, -0.05) is 36.9 Å². The summed E-state index contributed by atoms with van der Waals surface area (Å²) in [6.07, 6.45) is 0. The van der Waals surface area contributed by atoms with Crippen molar-refractivity contribution in [3.63, 3.8) is 0 Å². The second kappa shape index (κ2) is 6.79. The largest absolute Gasteiger partial charge is 0.296 e. The minimum Gasteiger partial charge on any atom is -0.296 e. The Labute approximate surface area is 149 Å². The van der Waals surface area contributed by atoms with Crippen LogP contribution in [0.2, 0.25) is 0 Å². The van der Waals surface area contributed by atoms with Crippen LogP contribution < -0.4 is 10.9 Å². The van der Waals surface area contributed by atoms with Crippen molar-refractivity contribution in [1.82, 2.24) is 15.8 Å². The molecular formula is C19H16FN3O3. The summed E-state index contributed by atoms with van der Waals surface area (Å²) < 4.78 is 13.6. The van der Waals surface area contributed by atoms with Gasteiger partial charge in [0.25, 0.3) is 17.7 Å². The number of rotatable bonds is 3. The molecule has 3 amide bonds. The number of halogens is 1. The van der Waals surface area contributed by atoms with Gasteiger partial charge in [0.2, 0.25) is 0 Å². The van der Waals surface area contributed by atoms with Crippen LogP contribution in [-0.4, -0.2) is 28.7 Å². The lowest BCUT2D eigenvalue weighted by molar-refractivity contribution is -0.125. The Morgan fingerprint density at radius 2 is 1.65 bits per heavy atom. The highest BCUT2D eigenvalue weighted by Crippen LogP contribution is 2.32. The van der Waals surface area contributed by atoms with Crippen LogP contribution in [0.5, 0.6) is 0 Å². The number of nitrogens with one attached hydrogen (secondary N) is 2. The topological polar surface area (TPSA) is 78.5 Å². The molecule has 1 aliphatic rings. The van der Waals surface area contributed by atoms with Crippen LogP contribution in [0.4, 0.5) is 4.39 Å². The van der Waals surface area contributed by atoms with E-state index in [1.165, 1.54) is 30.0 Å². The lowest BCUT2D eigenvalue weighted by atomic mass is 10.1. The van der Waals surface area contributed by atoms with E-state index in [-0.39, 0.29) is 11.5 Å². The van der Waals surface area contributed by atoms with Crippen molar-refractivity contribution in [2.24, 2.45) is 0 Å². The van der Waals surface area contributed by atoms with Gasteiger partial charge in [0, 0.05) is 16.8 Å². The first-order valence-electron chi connectivity index (χ1n) is 7.88. The summed E-state index contributed by atoms with van der Waals surface area (Å²) in [5, 5.41) is 0. The maximum absolute atomic E-state index is 13.6. The molecule has 2 N–H and O–H groups in total. The van der Waals surface area contributed by atoms with Gasteiger partial charge in [0.05, 0.1) is 5.56 Å². The van der Waals surface area contributed by atoms with E-state index < -0.39 is 23.7 Å². The minimum atomic E-state index is -0.914. The monoisotopic (exact) mass is 353 g/mol. The molecular weight excluding hydrogens is 337 g/mol. The van der Waals surface area contributed by atoms with E-state index in [0.717, 1.165) is 6.07 Å². The Morgan fingerprint density at radius 1 is 1.04 bits per heavy atom. The van der Waals surface area contributed by atoms with Gasteiger partial charge in [-0.2, -0.15) is 0 Å². The van der Waals surface area contributed by atoms with Crippen LogP contribution in [0.15, 0.2) is 55.1 Å². The first-order chi connectivity index (χ1) is 12.4. The van der Waals surface area contributed by atoms with Crippen molar-refractivity contribution in [2.75, 3.05) is 0 Å². The molecule has 7 heteroatoms. The molecule has 2 aromatic carbocycles. The molecule has 1 atom stereocenters. The predicted octanol–water partition coefficient (Wildman–Crippen LogP) is 2.10. The number of fused-ring (bicyclic) bond motifs is 1. The molecule has 0 fully saturated rings. The number of hydrogen-bond donors (Lipinski definition) is 2. The lowest BCUT2D eigenvalue weighted by Crippen LogP contribution is -2.51. The maximum Gasteiger partial charge on any atom is 0.272 e. The van der Waals surface area contributed by atoms with E-state index >= 15 is 0 Å². The van der Waals surface area contributed by atoms with E-state index in [4.69, 9.17) is 0 Å². The molecule has 0 saturated heterocycles. The smallest absolute Gasteiger partial charge is 0.272 e. The SMILES string of the molecule is C=C1c2ccccc2C(=O)N1[C@H](C)C(=O)NNC(=O)c1ccccc1F. The molecule has 2 aromatic rings. The first-order valence-corrected chi connectivity index (χ1v) is 7.88. The summed E-state index contributed by atoms with van der Waals surface area (Å²) in [7, 11) is 0. The zero-order valence-electron chi connectivity index (χ0n) is 14.0. The Kier molecular flexibility index (Phi) is 4.53. The first kappa shape index (κ1) is 17.3. The molecule has 0 spiro atoms. The molecule has 0 saturated carbocycles. The number of hydrazine groups is 1. The van der Waals surface area contributed by atoms with Crippen LogP contribution in [0.3, 0.4) is 0 Å². The molecule has 0 aliphatic carbocycles. The van der Waals surface area contributed by atoms with E-state index in [9.17, 15) is 18.8 Å². The molecule has 3 rings (SSSR count). The Hall–Kier alpha value is -3.48. The number of carbonyl (C=O) groups is 3. The van der Waals surface area contributed by atoms with Crippen LogP contribution in [0, 0.1) is 5.82 Å². The molecule has 26 heavy (non-hydrogen) atoms. The zero-order valence-corrected chi connectivity index (χ0v) is 14.0. The van der Waals surface area contributed by atoms with Gasteiger partial charge in [-0.15, -0.1) is 0 Å². The number of amides is 3. The summed E-state index contributed by atoms with van der Waals surface area (Å²) in [5.41, 5.74) is 5.70. The molecule has 0 aromatic heterocycles. The summed E-state index contributed by atoms with van der Waals surface area (Å²) in [5.74, 6) is -2.46. The number of hydrogen-bond acceptors (Lipinski definition) is 3. The highest BCUT2D eigenvalue weighted by atomic mass is 19.1. The van der Waals surface area contributed by atoms with Gasteiger partial charge in [-0.25, -0.2) is 4.39 Å². The molecule has 6 nitrogen and oxygen atoms in total. The predicted molar refractivity (Wildman–Crippen MR) is 93.1 cm³/mol. The van der Waals surface area contributed by atoms with Gasteiger partial charge >= 0.3 is 0 Å². The van der Waals surface area contributed by atoms with Crippen molar-refractivity contribution >= 4 is 23.4 Å². The Balaban J connectivity index is 1.68. The molecule has 132 valence electrons. The van der Waals surface area contributed by atoms with Crippen molar-refractivity contribution in [3.8, 4) is 0 Å². The lowest BCUT2D eigenvalue weighted by Gasteiger charge is -2.24. The van der Waals surface area contributed by atoms with Crippen molar-refractivity contribution in [2.45, 2.75) is 13.0 Å². The fraction of sp³-hybridized carbons (Fsp3) is 0.105. The van der Waals surface area contributed by atoms with Gasteiger partial charge < -0.3 is 0 Å². The average molecular weight is 353 g/mol. The van der Waals surface area contributed by atoms with Crippen molar-refractivity contribution < 1.29 is 18.8 Å². The number of nitrogens with zero attached hydrogens (tertiary/aromatic N) is 1. The zero-order chi connectivity index (χ0) is 18.8. The average Bonchev–Trinajstić information content (AvgIpc) is 2.90.